The maximum atomic E-state index is 12.9. The molecular weight excluding hydrogens is 342 g/mol. The van der Waals surface area contributed by atoms with Crippen LogP contribution in [0.5, 0.6) is 11.5 Å². The van der Waals surface area contributed by atoms with Crippen molar-refractivity contribution < 1.29 is 14.3 Å². The Morgan fingerprint density at radius 3 is 2.67 bits per heavy atom. The van der Waals surface area contributed by atoms with Gasteiger partial charge in [0.15, 0.2) is 11.5 Å². The number of carbonyl (C=O) groups is 1. The van der Waals surface area contributed by atoms with E-state index in [1.165, 1.54) is 10.9 Å². The quantitative estimate of drug-likeness (QED) is 0.767. The molecule has 0 radical (unpaired) electrons. The van der Waals surface area contributed by atoms with Gasteiger partial charge < -0.3 is 19.4 Å². The molecule has 1 aliphatic rings. The SMILES string of the molecule is COc1ccc(C(=O)N2CCC(c3c[nH]c4ncccc34)CC2)cc1OC. The molecule has 1 aliphatic heterocycles. The molecule has 27 heavy (non-hydrogen) atoms. The van der Waals surface area contributed by atoms with Crippen LogP contribution in [0, 0.1) is 0 Å². The fourth-order valence-corrected chi connectivity index (χ4v) is 3.86. The summed E-state index contributed by atoms with van der Waals surface area (Å²) in [6.07, 6.45) is 5.75. The summed E-state index contributed by atoms with van der Waals surface area (Å²) in [7, 11) is 3.16. The lowest BCUT2D eigenvalue weighted by molar-refractivity contribution is 0.0713. The number of nitrogens with one attached hydrogen (secondary N) is 1. The first-order valence-electron chi connectivity index (χ1n) is 9.14. The van der Waals surface area contributed by atoms with E-state index in [1.54, 1.807) is 38.6 Å². The van der Waals surface area contributed by atoms with E-state index in [4.69, 9.17) is 9.47 Å². The van der Waals surface area contributed by atoms with E-state index in [9.17, 15) is 4.79 Å². The summed E-state index contributed by atoms with van der Waals surface area (Å²) in [5.74, 6) is 1.68. The number of methoxy groups -OCH3 is 2. The van der Waals surface area contributed by atoms with Gasteiger partial charge >= 0.3 is 0 Å². The lowest BCUT2D eigenvalue weighted by Crippen LogP contribution is -2.37. The molecule has 0 bridgehead atoms. The van der Waals surface area contributed by atoms with Crippen LogP contribution in [0.3, 0.4) is 0 Å². The second-order valence-corrected chi connectivity index (χ2v) is 6.78. The number of pyridine rings is 1. The van der Waals surface area contributed by atoms with Crippen molar-refractivity contribution in [3.8, 4) is 11.5 Å². The number of fused-ring (bicyclic) bond motifs is 1. The molecule has 1 fully saturated rings. The third kappa shape index (κ3) is 3.23. The number of likely N-dealkylation sites (tertiary alicyclic amines) is 1. The second kappa shape index (κ2) is 7.31. The molecule has 2 aromatic heterocycles. The number of amides is 1. The highest BCUT2D eigenvalue weighted by atomic mass is 16.5. The minimum Gasteiger partial charge on any atom is -0.493 e. The molecule has 3 heterocycles. The Bertz CT molecular complexity index is 958. The first kappa shape index (κ1) is 17.4. The molecule has 4 rings (SSSR count). The summed E-state index contributed by atoms with van der Waals surface area (Å²) >= 11 is 0. The van der Waals surface area contributed by atoms with Crippen molar-refractivity contribution in [2.75, 3.05) is 27.3 Å². The molecule has 6 heteroatoms. The lowest BCUT2D eigenvalue weighted by atomic mass is 9.89. The van der Waals surface area contributed by atoms with Crippen LogP contribution in [0.2, 0.25) is 0 Å². The Morgan fingerprint density at radius 2 is 1.93 bits per heavy atom. The number of aromatic amines is 1. The molecule has 0 spiro atoms. The summed E-state index contributed by atoms with van der Waals surface area (Å²) in [5, 5.41) is 1.18. The number of benzene rings is 1. The van der Waals surface area contributed by atoms with Gasteiger partial charge in [-0.15, -0.1) is 0 Å². The normalized spacial score (nSPS) is 15.1. The highest BCUT2D eigenvalue weighted by Gasteiger charge is 2.26. The Hall–Kier alpha value is -3.02. The molecule has 6 nitrogen and oxygen atoms in total. The molecule has 0 unspecified atom stereocenters. The van der Waals surface area contributed by atoms with Gasteiger partial charge in [0, 0.05) is 36.4 Å². The summed E-state index contributed by atoms with van der Waals surface area (Å²) < 4.78 is 10.6. The molecule has 1 saturated heterocycles. The number of piperidine rings is 1. The zero-order valence-electron chi connectivity index (χ0n) is 15.6. The van der Waals surface area contributed by atoms with Crippen LogP contribution in [0.1, 0.15) is 34.7 Å². The number of hydrogen-bond donors (Lipinski definition) is 1. The van der Waals surface area contributed by atoms with Crippen molar-refractivity contribution in [1.29, 1.82) is 0 Å². The van der Waals surface area contributed by atoms with Gasteiger partial charge in [-0.1, -0.05) is 0 Å². The minimum absolute atomic E-state index is 0.0370. The van der Waals surface area contributed by atoms with Crippen molar-refractivity contribution in [1.82, 2.24) is 14.9 Å². The van der Waals surface area contributed by atoms with E-state index in [-0.39, 0.29) is 5.91 Å². The van der Waals surface area contributed by atoms with Gasteiger partial charge in [-0.3, -0.25) is 4.79 Å². The average Bonchev–Trinajstić information content (AvgIpc) is 3.17. The second-order valence-electron chi connectivity index (χ2n) is 6.78. The van der Waals surface area contributed by atoms with Crippen LogP contribution >= 0.6 is 0 Å². The number of hydrogen-bond acceptors (Lipinski definition) is 4. The molecule has 1 aromatic carbocycles. The fourth-order valence-electron chi connectivity index (χ4n) is 3.86. The standard InChI is InChI=1S/C21H23N3O3/c1-26-18-6-5-15(12-19(18)27-2)21(25)24-10-7-14(8-11-24)17-13-23-20-16(17)4-3-9-22-20/h3-6,9,12-14H,7-8,10-11H2,1-2H3,(H,22,23). The van der Waals surface area contributed by atoms with Crippen LogP contribution < -0.4 is 9.47 Å². The molecule has 3 aromatic rings. The zero-order chi connectivity index (χ0) is 18.8. The predicted molar refractivity (Wildman–Crippen MR) is 104 cm³/mol. The van der Waals surface area contributed by atoms with Gasteiger partial charge in [-0.05, 0) is 54.7 Å². The Balaban J connectivity index is 1.47. The fraction of sp³-hybridized carbons (Fsp3) is 0.333. The summed E-state index contributed by atoms with van der Waals surface area (Å²) in [4.78, 5) is 22.4. The molecular formula is C21H23N3O3. The summed E-state index contributed by atoms with van der Waals surface area (Å²) in [6.45, 7) is 1.48. The van der Waals surface area contributed by atoms with Crippen LogP contribution in [-0.4, -0.2) is 48.1 Å². The first-order chi connectivity index (χ1) is 13.2. The van der Waals surface area contributed by atoms with E-state index in [0.717, 1.165) is 31.6 Å². The lowest BCUT2D eigenvalue weighted by Gasteiger charge is -2.32. The van der Waals surface area contributed by atoms with Crippen molar-refractivity contribution in [2.45, 2.75) is 18.8 Å². The van der Waals surface area contributed by atoms with Crippen LogP contribution in [0.15, 0.2) is 42.7 Å². The Morgan fingerprint density at radius 1 is 1.15 bits per heavy atom. The van der Waals surface area contributed by atoms with Gasteiger partial charge in [0.25, 0.3) is 5.91 Å². The third-order valence-electron chi connectivity index (χ3n) is 5.34. The van der Waals surface area contributed by atoms with Gasteiger partial charge in [0.1, 0.15) is 5.65 Å². The number of ether oxygens (including phenoxy) is 2. The van der Waals surface area contributed by atoms with Crippen LogP contribution in [0.25, 0.3) is 11.0 Å². The first-order valence-corrected chi connectivity index (χ1v) is 9.14. The smallest absolute Gasteiger partial charge is 0.253 e. The maximum Gasteiger partial charge on any atom is 0.253 e. The highest BCUT2D eigenvalue weighted by Crippen LogP contribution is 2.33. The number of H-pyrrole nitrogens is 1. The van der Waals surface area contributed by atoms with E-state index in [1.807, 2.05) is 11.0 Å². The van der Waals surface area contributed by atoms with Crippen LogP contribution in [0.4, 0.5) is 0 Å². The number of aromatic nitrogens is 2. The van der Waals surface area contributed by atoms with Crippen molar-refractivity contribution in [2.24, 2.45) is 0 Å². The molecule has 0 atom stereocenters. The molecule has 1 N–H and O–H groups in total. The van der Waals surface area contributed by atoms with E-state index in [0.29, 0.717) is 23.0 Å². The van der Waals surface area contributed by atoms with Gasteiger partial charge in [0.05, 0.1) is 14.2 Å². The van der Waals surface area contributed by atoms with Gasteiger partial charge in [-0.25, -0.2) is 4.98 Å². The zero-order valence-corrected chi connectivity index (χ0v) is 15.6. The molecule has 140 valence electrons. The monoisotopic (exact) mass is 365 g/mol. The van der Waals surface area contributed by atoms with E-state index < -0.39 is 0 Å². The number of nitrogens with zero attached hydrogens (tertiary/aromatic N) is 2. The van der Waals surface area contributed by atoms with Gasteiger partial charge in [0.2, 0.25) is 0 Å². The van der Waals surface area contributed by atoms with Crippen molar-refractivity contribution >= 4 is 16.9 Å². The number of rotatable bonds is 4. The predicted octanol–water partition coefficient (Wildman–Crippen LogP) is 3.60. The topological polar surface area (TPSA) is 67.5 Å². The van der Waals surface area contributed by atoms with E-state index in [2.05, 4.69) is 22.2 Å². The Labute approximate surface area is 158 Å². The third-order valence-corrected chi connectivity index (χ3v) is 5.34. The molecule has 0 aliphatic carbocycles. The van der Waals surface area contributed by atoms with Gasteiger partial charge in [-0.2, -0.15) is 0 Å². The summed E-state index contributed by atoms with van der Waals surface area (Å²) in [5.41, 5.74) is 2.86. The highest BCUT2D eigenvalue weighted by molar-refractivity contribution is 5.95. The Kier molecular flexibility index (Phi) is 4.71. The average molecular weight is 365 g/mol. The van der Waals surface area contributed by atoms with Crippen molar-refractivity contribution in [3.63, 3.8) is 0 Å². The van der Waals surface area contributed by atoms with E-state index >= 15 is 0 Å². The summed E-state index contributed by atoms with van der Waals surface area (Å²) in [6, 6.07) is 9.39. The maximum absolute atomic E-state index is 12.9. The van der Waals surface area contributed by atoms with Crippen molar-refractivity contribution in [3.05, 3.63) is 53.9 Å². The molecule has 1 amide bonds. The molecule has 0 saturated carbocycles. The number of carbonyl (C=O) groups excluding carboxylic acids is 1. The minimum atomic E-state index is 0.0370. The van der Waals surface area contributed by atoms with Crippen LogP contribution in [-0.2, 0) is 0 Å². The largest absolute Gasteiger partial charge is 0.493 e.